The number of anilines is 3. The number of rotatable bonds is 3. The summed E-state index contributed by atoms with van der Waals surface area (Å²) < 4.78 is 0. The van der Waals surface area contributed by atoms with Crippen molar-refractivity contribution in [2.75, 3.05) is 4.90 Å². The molecule has 1 heteroatoms. The first-order valence-electron chi connectivity index (χ1n) is 13.6. The van der Waals surface area contributed by atoms with E-state index in [4.69, 9.17) is 0 Å². The maximum absolute atomic E-state index is 2.43. The van der Waals surface area contributed by atoms with Crippen LogP contribution in [-0.4, -0.2) is 0 Å². The largest absolute Gasteiger partial charge is 0.310 e. The molecule has 0 fully saturated rings. The lowest BCUT2D eigenvalue weighted by atomic mass is 9.99. The van der Waals surface area contributed by atoms with Crippen molar-refractivity contribution in [3.63, 3.8) is 0 Å². The van der Waals surface area contributed by atoms with E-state index >= 15 is 0 Å². The van der Waals surface area contributed by atoms with Crippen molar-refractivity contribution in [2.45, 2.75) is 13.8 Å². The zero-order valence-electron chi connectivity index (χ0n) is 22.1. The molecule has 0 aromatic heterocycles. The molecule has 39 heavy (non-hydrogen) atoms. The zero-order valence-corrected chi connectivity index (χ0v) is 22.1. The summed E-state index contributed by atoms with van der Waals surface area (Å²) in [4.78, 5) is 2.43. The van der Waals surface area contributed by atoms with Gasteiger partial charge >= 0.3 is 0 Å². The Morgan fingerprint density at radius 2 is 0.923 bits per heavy atom. The van der Waals surface area contributed by atoms with Crippen molar-refractivity contribution in [1.29, 1.82) is 0 Å². The SMILES string of the molecule is Cc1ccc2cc(N(c3ccc4cc(C)ccc4c3)c3ccc4c5c(cccc35)-c3ccccc3-4)ccc2c1. The van der Waals surface area contributed by atoms with Gasteiger partial charge in [0.1, 0.15) is 0 Å². The third-order valence-corrected chi connectivity index (χ3v) is 8.24. The minimum atomic E-state index is 1.16. The second-order valence-corrected chi connectivity index (χ2v) is 10.8. The number of benzene rings is 7. The van der Waals surface area contributed by atoms with Gasteiger partial charge in [0.25, 0.3) is 0 Å². The van der Waals surface area contributed by atoms with Crippen LogP contribution in [0.25, 0.3) is 54.6 Å². The van der Waals surface area contributed by atoms with Gasteiger partial charge in [0, 0.05) is 16.8 Å². The molecule has 8 rings (SSSR count). The van der Waals surface area contributed by atoms with Crippen LogP contribution in [-0.2, 0) is 0 Å². The van der Waals surface area contributed by atoms with E-state index < -0.39 is 0 Å². The van der Waals surface area contributed by atoms with Crippen LogP contribution in [0.3, 0.4) is 0 Å². The van der Waals surface area contributed by atoms with E-state index in [1.54, 1.807) is 0 Å². The second kappa shape index (κ2) is 8.31. The fourth-order valence-corrected chi connectivity index (χ4v) is 6.40. The van der Waals surface area contributed by atoms with Gasteiger partial charge in [0.15, 0.2) is 0 Å². The Morgan fingerprint density at radius 3 is 1.54 bits per heavy atom. The van der Waals surface area contributed by atoms with Gasteiger partial charge in [-0.1, -0.05) is 108 Å². The smallest absolute Gasteiger partial charge is 0.0540 e. The average Bonchev–Trinajstić information content (AvgIpc) is 3.29. The molecule has 184 valence electrons. The Morgan fingerprint density at radius 1 is 0.410 bits per heavy atom. The van der Waals surface area contributed by atoms with Crippen molar-refractivity contribution in [1.82, 2.24) is 0 Å². The van der Waals surface area contributed by atoms with Gasteiger partial charge in [-0.3, -0.25) is 0 Å². The maximum Gasteiger partial charge on any atom is 0.0540 e. The number of fused-ring (bicyclic) bond motifs is 5. The van der Waals surface area contributed by atoms with E-state index in [9.17, 15) is 0 Å². The molecule has 0 aliphatic heterocycles. The van der Waals surface area contributed by atoms with Gasteiger partial charge in [-0.05, 0) is 93.4 Å². The summed E-state index contributed by atoms with van der Waals surface area (Å²) in [5.74, 6) is 0. The molecule has 0 radical (unpaired) electrons. The van der Waals surface area contributed by atoms with Crippen molar-refractivity contribution in [3.8, 4) is 22.3 Å². The molecule has 0 amide bonds. The molecule has 1 aliphatic carbocycles. The van der Waals surface area contributed by atoms with Crippen LogP contribution >= 0.6 is 0 Å². The van der Waals surface area contributed by atoms with Crippen LogP contribution in [0.4, 0.5) is 17.1 Å². The molecule has 0 unspecified atom stereocenters. The lowest BCUT2D eigenvalue weighted by Gasteiger charge is -2.28. The molecule has 0 saturated heterocycles. The monoisotopic (exact) mass is 497 g/mol. The molecule has 1 aliphatic rings. The highest BCUT2D eigenvalue weighted by molar-refractivity contribution is 6.19. The zero-order chi connectivity index (χ0) is 26.1. The van der Waals surface area contributed by atoms with E-state index in [-0.39, 0.29) is 0 Å². The highest BCUT2D eigenvalue weighted by Gasteiger charge is 2.24. The molecule has 1 nitrogen and oxygen atoms in total. The summed E-state index contributed by atoms with van der Waals surface area (Å²) in [6.45, 7) is 4.31. The van der Waals surface area contributed by atoms with E-state index in [0.717, 1.165) is 11.4 Å². The number of aryl methyl sites for hydroxylation is 2. The van der Waals surface area contributed by atoms with Gasteiger partial charge in [-0.25, -0.2) is 0 Å². The highest BCUT2D eigenvalue weighted by Crippen LogP contribution is 2.51. The number of hydrogen-bond acceptors (Lipinski definition) is 1. The summed E-state index contributed by atoms with van der Waals surface area (Å²) in [6, 6.07) is 47.2. The summed E-state index contributed by atoms with van der Waals surface area (Å²) in [5.41, 5.74) is 11.4. The first kappa shape index (κ1) is 22.1. The third-order valence-electron chi connectivity index (χ3n) is 8.24. The molecule has 7 aromatic carbocycles. The Kier molecular flexibility index (Phi) is 4.72. The van der Waals surface area contributed by atoms with E-state index in [1.165, 1.54) is 71.4 Å². The Hall–Kier alpha value is -4.88. The molecule has 0 atom stereocenters. The summed E-state index contributed by atoms with van der Waals surface area (Å²) in [5, 5.41) is 7.64. The van der Waals surface area contributed by atoms with Gasteiger partial charge in [-0.15, -0.1) is 0 Å². The summed E-state index contributed by atoms with van der Waals surface area (Å²) >= 11 is 0. The molecule has 0 saturated carbocycles. The Balaban J connectivity index is 1.41. The Bertz CT molecular complexity index is 1980. The van der Waals surface area contributed by atoms with Gasteiger partial charge in [0.2, 0.25) is 0 Å². The standard InChI is InChI=1S/C38H27N/c1-24-10-12-28-22-30(16-14-26(28)20-24)39(31-17-15-27-21-25(2)11-13-29(27)23-31)37-19-18-35-33-7-4-3-6-32(33)34-8-5-9-36(37)38(34)35/h3-23H,1-2H3. The summed E-state index contributed by atoms with van der Waals surface area (Å²) in [7, 11) is 0. The van der Waals surface area contributed by atoms with Crippen LogP contribution in [0.2, 0.25) is 0 Å². The van der Waals surface area contributed by atoms with Gasteiger partial charge in [-0.2, -0.15) is 0 Å². The Labute approximate surface area is 228 Å². The van der Waals surface area contributed by atoms with Gasteiger partial charge in [0.05, 0.1) is 5.69 Å². The third kappa shape index (κ3) is 3.40. The maximum atomic E-state index is 2.43. The summed E-state index contributed by atoms with van der Waals surface area (Å²) in [6.07, 6.45) is 0. The molecule has 0 spiro atoms. The topological polar surface area (TPSA) is 3.24 Å². The van der Waals surface area contributed by atoms with Crippen molar-refractivity contribution >= 4 is 49.4 Å². The minimum absolute atomic E-state index is 1.16. The molecule has 0 heterocycles. The molecule has 7 aromatic rings. The highest BCUT2D eigenvalue weighted by atomic mass is 15.1. The number of nitrogens with zero attached hydrogens (tertiary/aromatic N) is 1. The predicted octanol–water partition coefficient (Wildman–Crippen LogP) is 10.9. The molecule has 0 N–H and O–H groups in total. The lowest BCUT2D eigenvalue weighted by Crippen LogP contribution is -2.10. The van der Waals surface area contributed by atoms with Crippen LogP contribution < -0.4 is 4.90 Å². The molecular formula is C38H27N. The van der Waals surface area contributed by atoms with Crippen molar-refractivity contribution in [3.05, 3.63) is 139 Å². The first-order chi connectivity index (χ1) is 19.1. The lowest BCUT2D eigenvalue weighted by molar-refractivity contribution is 1.31. The normalized spacial score (nSPS) is 11.8. The second-order valence-electron chi connectivity index (χ2n) is 10.8. The van der Waals surface area contributed by atoms with Crippen LogP contribution in [0.5, 0.6) is 0 Å². The van der Waals surface area contributed by atoms with Crippen molar-refractivity contribution < 1.29 is 0 Å². The first-order valence-corrected chi connectivity index (χ1v) is 13.6. The predicted molar refractivity (Wildman–Crippen MR) is 168 cm³/mol. The molecule has 0 bridgehead atoms. The molecular weight excluding hydrogens is 470 g/mol. The fraction of sp³-hybridized carbons (Fsp3) is 0.0526. The quantitative estimate of drug-likeness (QED) is 0.235. The van der Waals surface area contributed by atoms with Crippen LogP contribution in [0, 0.1) is 13.8 Å². The van der Waals surface area contributed by atoms with E-state index in [2.05, 4.69) is 146 Å². The average molecular weight is 498 g/mol. The van der Waals surface area contributed by atoms with Crippen molar-refractivity contribution in [2.24, 2.45) is 0 Å². The van der Waals surface area contributed by atoms with Crippen LogP contribution in [0.1, 0.15) is 11.1 Å². The van der Waals surface area contributed by atoms with Gasteiger partial charge < -0.3 is 4.90 Å². The van der Waals surface area contributed by atoms with E-state index in [0.29, 0.717) is 0 Å². The van der Waals surface area contributed by atoms with Crippen LogP contribution in [0.15, 0.2) is 127 Å². The fourth-order valence-electron chi connectivity index (χ4n) is 6.40. The minimum Gasteiger partial charge on any atom is -0.310 e. The number of hydrogen-bond donors (Lipinski definition) is 0. The van der Waals surface area contributed by atoms with E-state index in [1.807, 2.05) is 0 Å².